The second-order valence-corrected chi connectivity index (χ2v) is 4.55. The van der Waals surface area contributed by atoms with Gasteiger partial charge in [-0.2, -0.15) is 5.10 Å². The standard InChI is InChI=1S/C16H14N4/c1-12-10-15(13-6-3-2-4-7-13)19-20(16(12)17)14-8-5-9-18-11-14/h2-11,17H,1H3. The van der Waals surface area contributed by atoms with Crippen LogP contribution in [0.3, 0.4) is 0 Å². The lowest BCUT2D eigenvalue weighted by Crippen LogP contribution is -2.24. The summed E-state index contributed by atoms with van der Waals surface area (Å²) in [4.78, 5) is 4.09. The molecule has 4 nitrogen and oxygen atoms in total. The van der Waals surface area contributed by atoms with Gasteiger partial charge in [-0.15, -0.1) is 0 Å². The molecule has 4 heteroatoms. The third-order valence-electron chi connectivity index (χ3n) is 3.11. The number of nitrogens with one attached hydrogen (secondary N) is 1. The molecule has 0 aliphatic heterocycles. The molecule has 0 saturated carbocycles. The van der Waals surface area contributed by atoms with Crippen LogP contribution in [0.1, 0.15) is 5.56 Å². The Labute approximate surface area is 116 Å². The summed E-state index contributed by atoms with van der Waals surface area (Å²) >= 11 is 0. The minimum Gasteiger partial charge on any atom is -0.283 e. The first-order valence-corrected chi connectivity index (χ1v) is 6.37. The zero-order valence-corrected chi connectivity index (χ0v) is 11.1. The molecule has 3 aromatic rings. The predicted octanol–water partition coefficient (Wildman–Crippen LogP) is 2.72. The molecule has 0 atom stereocenters. The summed E-state index contributed by atoms with van der Waals surface area (Å²) in [5.74, 6) is 0. The van der Waals surface area contributed by atoms with Crippen molar-refractivity contribution < 1.29 is 0 Å². The predicted molar refractivity (Wildman–Crippen MR) is 77.4 cm³/mol. The van der Waals surface area contributed by atoms with Gasteiger partial charge >= 0.3 is 0 Å². The monoisotopic (exact) mass is 262 g/mol. The van der Waals surface area contributed by atoms with Crippen LogP contribution in [0.15, 0.2) is 60.9 Å². The Morgan fingerprint density at radius 1 is 1.05 bits per heavy atom. The summed E-state index contributed by atoms with van der Waals surface area (Å²) in [6.45, 7) is 1.92. The second-order valence-electron chi connectivity index (χ2n) is 4.55. The third-order valence-corrected chi connectivity index (χ3v) is 3.11. The van der Waals surface area contributed by atoms with Crippen LogP contribution in [0.5, 0.6) is 0 Å². The zero-order valence-electron chi connectivity index (χ0n) is 11.1. The van der Waals surface area contributed by atoms with Crippen molar-refractivity contribution in [3.8, 4) is 16.9 Å². The maximum Gasteiger partial charge on any atom is 0.149 e. The van der Waals surface area contributed by atoms with Crippen LogP contribution in [-0.4, -0.2) is 14.8 Å². The van der Waals surface area contributed by atoms with Crippen LogP contribution in [0.2, 0.25) is 0 Å². The lowest BCUT2D eigenvalue weighted by atomic mass is 10.1. The van der Waals surface area contributed by atoms with E-state index in [1.165, 1.54) is 0 Å². The van der Waals surface area contributed by atoms with Crippen molar-refractivity contribution in [1.82, 2.24) is 14.8 Å². The summed E-state index contributed by atoms with van der Waals surface area (Å²) in [7, 11) is 0. The molecule has 0 amide bonds. The average Bonchev–Trinajstić information content (AvgIpc) is 2.51. The molecule has 0 aliphatic carbocycles. The molecule has 0 aliphatic rings. The van der Waals surface area contributed by atoms with Crippen molar-refractivity contribution >= 4 is 0 Å². The smallest absolute Gasteiger partial charge is 0.149 e. The van der Waals surface area contributed by atoms with Gasteiger partial charge in [0.1, 0.15) is 5.49 Å². The summed E-state index contributed by atoms with van der Waals surface area (Å²) in [6, 6.07) is 15.6. The minimum absolute atomic E-state index is 0.373. The van der Waals surface area contributed by atoms with Gasteiger partial charge in [0.2, 0.25) is 0 Å². The Balaban J connectivity index is 2.22. The topological polar surface area (TPSA) is 54.6 Å². The molecule has 0 radical (unpaired) electrons. The van der Waals surface area contributed by atoms with E-state index >= 15 is 0 Å². The van der Waals surface area contributed by atoms with Gasteiger partial charge in [-0.3, -0.25) is 10.4 Å². The van der Waals surface area contributed by atoms with Crippen molar-refractivity contribution in [2.45, 2.75) is 6.92 Å². The fourth-order valence-electron chi connectivity index (χ4n) is 2.04. The van der Waals surface area contributed by atoms with Crippen molar-refractivity contribution in [3.05, 3.63) is 72.0 Å². The maximum absolute atomic E-state index is 8.16. The Morgan fingerprint density at radius 3 is 2.55 bits per heavy atom. The van der Waals surface area contributed by atoms with E-state index in [4.69, 9.17) is 5.41 Å². The van der Waals surface area contributed by atoms with E-state index in [2.05, 4.69) is 10.1 Å². The van der Waals surface area contributed by atoms with Gasteiger partial charge < -0.3 is 0 Å². The van der Waals surface area contributed by atoms with Gasteiger partial charge in [-0.05, 0) is 30.7 Å². The summed E-state index contributed by atoms with van der Waals surface area (Å²) in [5, 5.41) is 12.7. The summed E-state index contributed by atoms with van der Waals surface area (Å²) in [6.07, 6.45) is 3.42. The Bertz CT molecular complexity index is 777. The number of benzene rings is 1. The van der Waals surface area contributed by atoms with E-state index in [0.717, 1.165) is 22.5 Å². The molecule has 20 heavy (non-hydrogen) atoms. The molecule has 2 heterocycles. The van der Waals surface area contributed by atoms with E-state index in [-0.39, 0.29) is 0 Å². The van der Waals surface area contributed by atoms with Gasteiger partial charge in [-0.25, -0.2) is 4.68 Å². The van der Waals surface area contributed by atoms with Crippen molar-refractivity contribution in [3.63, 3.8) is 0 Å². The van der Waals surface area contributed by atoms with E-state index in [9.17, 15) is 0 Å². The summed E-state index contributed by atoms with van der Waals surface area (Å²) in [5.41, 5.74) is 3.93. The highest BCUT2D eigenvalue weighted by Crippen LogP contribution is 2.16. The number of pyridine rings is 1. The quantitative estimate of drug-likeness (QED) is 0.772. The molecule has 98 valence electrons. The van der Waals surface area contributed by atoms with Crippen LogP contribution in [0.4, 0.5) is 0 Å². The number of hydrogen-bond acceptors (Lipinski definition) is 3. The van der Waals surface area contributed by atoms with E-state index in [1.54, 1.807) is 17.1 Å². The van der Waals surface area contributed by atoms with E-state index < -0.39 is 0 Å². The van der Waals surface area contributed by atoms with Gasteiger partial charge in [0.25, 0.3) is 0 Å². The molecule has 0 fully saturated rings. The Morgan fingerprint density at radius 2 is 1.85 bits per heavy atom. The highest BCUT2D eigenvalue weighted by Gasteiger charge is 2.06. The molecule has 2 aromatic heterocycles. The third kappa shape index (κ3) is 2.23. The molecular formula is C16H14N4. The van der Waals surface area contributed by atoms with Gasteiger partial charge in [0.05, 0.1) is 17.6 Å². The second kappa shape index (κ2) is 5.09. The van der Waals surface area contributed by atoms with Crippen LogP contribution in [-0.2, 0) is 0 Å². The highest BCUT2D eigenvalue weighted by molar-refractivity contribution is 5.59. The van der Waals surface area contributed by atoms with Gasteiger partial charge in [0.15, 0.2) is 0 Å². The van der Waals surface area contributed by atoms with Gasteiger partial charge in [-0.1, -0.05) is 30.3 Å². The molecule has 1 N–H and O–H groups in total. The number of aromatic nitrogens is 3. The molecule has 0 unspecified atom stereocenters. The van der Waals surface area contributed by atoms with Crippen LogP contribution < -0.4 is 5.49 Å². The van der Waals surface area contributed by atoms with Gasteiger partial charge in [0, 0.05) is 11.8 Å². The molecule has 0 spiro atoms. The Kier molecular flexibility index (Phi) is 3.13. The molecular weight excluding hydrogens is 248 g/mol. The van der Waals surface area contributed by atoms with Crippen molar-refractivity contribution in [2.24, 2.45) is 0 Å². The largest absolute Gasteiger partial charge is 0.283 e. The first-order chi connectivity index (χ1) is 9.75. The molecule has 1 aromatic carbocycles. The first-order valence-electron chi connectivity index (χ1n) is 6.37. The lowest BCUT2D eigenvalue weighted by Gasteiger charge is -2.10. The van der Waals surface area contributed by atoms with E-state index in [1.807, 2.05) is 55.5 Å². The van der Waals surface area contributed by atoms with Crippen LogP contribution in [0, 0.1) is 12.3 Å². The average molecular weight is 262 g/mol. The minimum atomic E-state index is 0.373. The SMILES string of the molecule is Cc1cc(-c2ccccc2)nn(-c2cccnc2)c1=N. The lowest BCUT2D eigenvalue weighted by molar-refractivity contribution is 0.764. The normalized spacial score (nSPS) is 10.4. The summed E-state index contributed by atoms with van der Waals surface area (Å²) < 4.78 is 1.62. The Hall–Kier alpha value is -2.75. The maximum atomic E-state index is 8.16. The molecule has 3 rings (SSSR count). The number of nitrogens with zero attached hydrogens (tertiary/aromatic N) is 3. The van der Waals surface area contributed by atoms with Crippen molar-refractivity contribution in [2.75, 3.05) is 0 Å². The molecule has 0 saturated heterocycles. The number of aryl methyl sites for hydroxylation is 1. The first kappa shape index (κ1) is 12.3. The van der Waals surface area contributed by atoms with Crippen LogP contribution >= 0.6 is 0 Å². The van der Waals surface area contributed by atoms with Crippen molar-refractivity contribution in [1.29, 1.82) is 5.41 Å². The fraction of sp³-hybridized carbons (Fsp3) is 0.0625. The number of rotatable bonds is 2. The molecule has 0 bridgehead atoms. The highest BCUT2D eigenvalue weighted by atomic mass is 15.3. The zero-order chi connectivity index (χ0) is 13.9. The number of hydrogen-bond donors (Lipinski definition) is 1. The van der Waals surface area contributed by atoms with Crippen LogP contribution in [0.25, 0.3) is 16.9 Å². The fourth-order valence-corrected chi connectivity index (χ4v) is 2.04. The van der Waals surface area contributed by atoms with E-state index in [0.29, 0.717) is 5.49 Å².